The third-order valence-electron chi connectivity index (χ3n) is 3.70. The summed E-state index contributed by atoms with van der Waals surface area (Å²) in [7, 11) is 0. The van der Waals surface area contributed by atoms with Gasteiger partial charge in [0.05, 0.1) is 11.7 Å². The summed E-state index contributed by atoms with van der Waals surface area (Å²) in [6.07, 6.45) is 2.95. The van der Waals surface area contributed by atoms with Gasteiger partial charge in [-0.15, -0.1) is 0 Å². The van der Waals surface area contributed by atoms with Crippen LogP contribution in [0.4, 0.5) is 0 Å². The highest BCUT2D eigenvalue weighted by molar-refractivity contribution is 5.77. The number of fused-ring (bicyclic) bond motifs is 1. The summed E-state index contributed by atoms with van der Waals surface area (Å²) in [5.41, 5.74) is 2.15. The number of hydrogen-bond acceptors (Lipinski definition) is 3. The topological polar surface area (TPSA) is 43.0 Å². The van der Waals surface area contributed by atoms with Gasteiger partial charge in [-0.05, 0) is 31.5 Å². The van der Waals surface area contributed by atoms with E-state index in [2.05, 4.69) is 47.1 Å². The first kappa shape index (κ1) is 13.9. The highest BCUT2D eigenvalue weighted by Crippen LogP contribution is 2.23. The fourth-order valence-electron chi connectivity index (χ4n) is 2.50. The lowest BCUT2D eigenvalue weighted by Gasteiger charge is -2.12. The molecule has 0 aliphatic rings. The summed E-state index contributed by atoms with van der Waals surface area (Å²) in [5, 5.41) is 9.00. The zero-order chi connectivity index (χ0) is 14.7. The van der Waals surface area contributed by atoms with E-state index in [-0.39, 0.29) is 6.04 Å². The van der Waals surface area contributed by atoms with Gasteiger partial charge >= 0.3 is 0 Å². The van der Waals surface area contributed by atoms with E-state index in [1.165, 1.54) is 5.69 Å². The molecule has 1 unspecified atom stereocenters. The number of para-hydroxylation sites is 1. The lowest BCUT2D eigenvalue weighted by Crippen LogP contribution is -2.20. The first-order valence-corrected chi connectivity index (χ1v) is 7.50. The fraction of sp³-hybridized carbons (Fsp3) is 0.353. The molecule has 0 spiro atoms. The van der Waals surface area contributed by atoms with E-state index >= 15 is 0 Å². The molecule has 2 aromatic heterocycles. The quantitative estimate of drug-likeness (QED) is 0.746. The monoisotopic (exact) mass is 283 g/mol. The van der Waals surface area contributed by atoms with Gasteiger partial charge in [-0.2, -0.15) is 5.10 Å². The summed E-state index contributed by atoms with van der Waals surface area (Å²) in [6.45, 7) is 6.04. The highest BCUT2D eigenvalue weighted by Gasteiger charge is 2.12. The van der Waals surface area contributed by atoms with Gasteiger partial charge in [-0.3, -0.25) is 4.68 Å². The number of aromatic nitrogens is 2. The summed E-state index contributed by atoms with van der Waals surface area (Å²) in [4.78, 5) is 0. The second-order valence-corrected chi connectivity index (χ2v) is 5.33. The molecule has 0 saturated carbocycles. The van der Waals surface area contributed by atoms with Crippen molar-refractivity contribution in [2.24, 2.45) is 0 Å². The molecular formula is C17H21N3O. The van der Waals surface area contributed by atoms with E-state index in [0.717, 1.165) is 36.2 Å². The van der Waals surface area contributed by atoms with Crippen molar-refractivity contribution in [2.75, 3.05) is 0 Å². The van der Waals surface area contributed by atoms with Crippen molar-refractivity contribution in [2.45, 2.75) is 39.4 Å². The number of rotatable bonds is 6. The molecule has 110 valence electrons. The predicted molar refractivity (Wildman–Crippen MR) is 84.0 cm³/mol. The van der Waals surface area contributed by atoms with Crippen molar-refractivity contribution in [1.82, 2.24) is 15.1 Å². The van der Waals surface area contributed by atoms with Gasteiger partial charge in [0.25, 0.3) is 0 Å². The standard InChI is InChI=1S/C17H21N3O/c1-3-10-20-15(8-9-19-20)12-18-13(2)17-11-14-6-4-5-7-16(14)21-17/h4-9,11,13,18H,3,10,12H2,1-2H3. The van der Waals surface area contributed by atoms with Crippen LogP contribution in [0.15, 0.2) is 47.0 Å². The van der Waals surface area contributed by atoms with Crippen molar-refractivity contribution in [3.05, 3.63) is 54.0 Å². The summed E-state index contributed by atoms with van der Waals surface area (Å²) >= 11 is 0. The number of benzene rings is 1. The maximum Gasteiger partial charge on any atom is 0.134 e. The Kier molecular flexibility index (Phi) is 4.06. The van der Waals surface area contributed by atoms with Crippen LogP contribution < -0.4 is 5.32 Å². The third-order valence-corrected chi connectivity index (χ3v) is 3.70. The average molecular weight is 283 g/mol. The lowest BCUT2D eigenvalue weighted by molar-refractivity contribution is 0.440. The van der Waals surface area contributed by atoms with Gasteiger partial charge in [0.1, 0.15) is 11.3 Å². The maximum absolute atomic E-state index is 5.89. The van der Waals surface area contributed by atoms with Gasteiger partial charge in [-0.1, -0.05) is 25.1 Å². The van der Waals surface area contributed by atoms with E-state index in [4.69, 9.17) is 4.42 Å². The molecular weight excluding hydrogens is 262 g/mol. The smallest absolute Gasteiger partial charge is 0.134 e. The Balaban J connectivity index is 1.68. The second kappa shape index (κ2) is 6.14. The molecule has 4 nitrogen and oxygen atoms in total. The number of nitrogens with one attached hydrogen (secondary N) is 1. The van der Waals surface area contributed by atoms with Crippen LogP contribution in [-0.4, -0.2) is 9.78 Å². The lowest BCUT2D eigenvalue weighted by atomic mass is 10.2. The average Bonchev–Trinajstić information content (AvgIpc) is 3.11. The van der Waals surface area contributed by atoms with Crippen LogP contribution in [0.5, 0.6) is 0 Å². The molecule has 0 aliphatic heterocycles. The molecule has 0 radical (unpaired) electrons. The molecule has 3 rings (SSSR count). The molecule has 1 atom stereocenters. The zero-order valence-electron chi connectivity index (χ0n) is 12.5. The normalized spacial score (nSPS) is 12.9. The minimum absolute atomic E-state index is 0.169. The SMILES string of the molecule is CCCn1nccc1CNC(C)c1cc2ccccc2o1. The maximum atomic E-state index is 5.89. The molecule has 0 bridgehead atoms. The number of aryl methyl sites for hydroxylation is 1. The summed E-state index contributed by atoms with van der Waals surface area (Å²) in [5.74, 6) is 0.970. The number of nitrogens with zero attached hydrogens (tertiary/aromatic N) is 2. The second-order valence-electron chi connectivity index (χ2n) is 5.33. The van der Waals surface area contributed by atoms with Gasteiger partial charge in [0.15, 0.2) is 0 Å². The molecule has 3 aromatic rings. The van der Waals surface area contributed by atoms with Crippen LogP contribution in [0.3, 0.4) is 0 Å². The predicted octanol–water partition coefficient (Wildman–Crippen LogP) is 3.89. The molecule has 1 aromatic carbocycles. The Morgan fingerprint density at radius 2 is 2.14 bits per heavy atom. The van der Waals surface area contributed by atoms with Gasteiger partial charge in [-0.25, -0.2) is 0 Å². The van der Waals surface area contributed by atoms with E-state index in [1.54, 1.807) is 0 Å². The Labute approximate surface area is 124 Å². The van der Waals surface area contributed by atoms with Crippen molar-refractivity contribution in [3.63, 3.8) is 0 Å². The minimum Gasteiger partial charge on any atom is -0.459 e. The van der Waals surface area contributed by atoms with Crippen LogP contribution in [0.25, 0.3) is 11.0 Å². The van der Waals surface area contributed by atoms with Crippen molar-refractivity contribution >= 4 is 11.0 Å². The minimum atomic E-state index is 0.169. The molecule has 0 fully saturated rings. The molecule has 1 N–H and O–H groups in total. The number of hydrogen-bond donors (Lipinski definition) is 1. The van der Waals surface area contributed by atoms with E-state index < -0.39 is 0 Å². The largest absolute Gasteiger partial charge is 0.459 e. The highest BCUT2D eigenvalue weighted by atomic mass is 16.3. The van der Waals surface area contributed by atoms with E-state index in [0.29, 0.717) is 0 Å². The fourth-order valence-corrected chi connectivity index (χ4v) is 2.50. The van der Waals surface area contributed by atoms with Crippen molar-refractivity contribution < 1.29 is 4.42 Å². The zero-order valence-corrected chi connectivity index (χ0v) is 12.5. The van der Waals surface area contributed by atoms with Crippen LogP contribution in [0.2, 0.25) is 0 Å². The van der Waals surface area contributed by atoms with Crippen molar-refractivity contribution in [1.29, 1.82) is 0 Å². The molecule has 4 heteroatoms. The third kappa shape index (κ3) is 3.00. The molecule has 0 saturated heterocycles. The van der Waals surface area contributed by atoms with Crippen LogP contribution >= 0.6 is 0 Å². The van der Waals surface area contributed by atoms with Gasteiger partial charge in [0.2, 0.25) is 0 Å². The molecule has 21 heavy (non-hydrogen) atoms. The van der Waals surface area contributed by atoms with Gasteiger partial charge < -0.3 is 9.73 Å². The molecule has 0 amide bonds. The van der Waals surface area contributed by atoms with E-state index in [9.17, 15) is 0 Å². The van der Waals surface area contributed by atoms with Gasteiger partial charge in [0, 0.05) is 24.7 Å². The van der Waals surface area contributed by atoms with Crippen molar-refractivity contribution in [3.8, 4) is 0 Å². The first-order chi connectivity index (χ1) is 10.3. The van der Waals surface area contributed by atoms with Crippen LogP contribution in [0, 0.1) is 0 Å². The Hall–Kier alpha value is -2.07. The molecule has 2 heterocycles. The van der Waals surface area contributed by atoms with Crippen LogP contribution in [0.1, 0.15) is 37.8 Å². The molecule has 0 aliphatic carbocycles. The Morgan fingerprint density at radius 3 is 2.95 bits per heavy atom. The number of furan rings is 1. The summed E-state index contributed by atoms with van der Waals surface area (Å²) in [6, 6.07) is 12.4. The summed E-state index contributed by atoms with van der Waals surface area (Å²) < 4.78 is 7.95. The Morgan fingerprint density at radius 1 is 1.29 bits per heavy atom. The van der Waals surface area contributed by atoms with Crippen LogP contribution in [-0.2, 0) is 13.1 Å². The first-order valence-electron chi connectivity index (χ1n) is 7.50. The Bertz CT molecular complexity index is 680. The van der Waals surface area contributed by atoms with E-state index in [1.807, 2.05) is 24.4 Å².